The number of unbranched alkanes of at least 4 members (excludes halogenated alkanes) is 29. The van der Waals surface area contributed by atoms with Gasteiger partial charge >= 0.3 is 0 Å². The lowest BCUT2D eigenvalue weighted by atomic mass is 9.96. The number of carbonyl (C=O) groups excluding carboxylic acids is 1. The van der Waals surface area contributed by atoms with Gasteiger partial charge in [0.1, 0.15) is 73.2 Å². The molecule has 1 amide bonds. The number of amides is 1. The molecular weight excluding hydrogens is 1140 g/mol. The molecule has 518 valence electrons. The Balaban J connectivity index is 1.45. The maximum absolute atomic E-state index is 13.4. The molecular formula is C70H125NO18. The van der Waals surface area contributed by atoms with Crippen LogP contribution < -0.4 is 5.32 Å². The largest absolute Gasteiger partial charge is 0.394 e. The van der Waals surface area contributed by atoms with E-state index < -0.39 is 124 Å². The average molecular weight is 1270 g/mol. The predicted octanol–water partition coefficient (Wildman–Crippen LogP) is 9.16. The molecule has 3 fully saturated rings. The van der Waals surface area contributed by atoms with E-state index in [2.05, 4.69) is 67.8 Å². The van der Waals surface area contributed by atoms with Gasteiger partial charge in [0.05, 0.1) is 38.6 Å². The van der Waals surface area contributed by atoms with E-state index in [-0.39, 0.29) is 18.9 Å². The number of allylic oxidation sites excluding steroid dienone is 9. The zero-order valence-electron chi connectivity index (χ0n) is 54.6. The first kappa shape index (κ1) is 80.7. The first-order valence-corrected chi connectivity index (χ1v) is 35.0. The summed E-state index contributed by atoms with van der Waals surface area (Å²) in [4.78, 5) is 13.4. The van der Waals surface area contributed by atoms with Crippen molar-refractivity contribution in [3.8, 4) is 0 Å². The van der Waals surface area contributed by atoms with Crippen molar-refractivity contribution >= 4 is 5.91 Å². The summed E-state index contributed by atoms with van der Waals surface area (Å²) in [6.07, 6.45) is 36.1. The second-order valence-electron chi connectivity index (χ2n) is 25.0. The fourth-order valence-corrected chi connectivity index (χ4v) is 11.7. The number of carbonyl (C=O) groups is 1. The topological polar surface area (TPSA) is 307 Å². The highest BCUT2D eigenvalue weighted by atomic mass is 16.8. The summed E-state index contributed by atoms with van der Waals surface area (Å²) >= 11 is 0. The average Bonchev–Trinajstić information content (AvgIpc) is 1.93. The van der Waals surface area contributed by atoms with Crippen molar-refractivity contribution < 1.29 is 89.4 Å². The summed E-state index contributed by atoms with van der Waals surface area (Å²) in [7, 11) is 0. The molecule has 0 spiro atoms. The van der Waals surface area contributed by atoms with Crippen LogP contribution in [0, 0.1) is 0 Å². The number of hydrogen-bond donors (Lipinski definition) is 12. The number of rotatable bonds is 53. The van der Waals surface area contributed by atoms with Gasteiger partial charge in [-0.3, -0.25) is 4.79 Å². The predicted molar refractivity (Wildman–Crippen MR) is 346 cm³/mol. The van der Waals surface area contributed by atoms with Gasteiger partial charge in [-0.2, -0.15) is 0 Å². The van der Waals surface area contributed by atoms with Crippen LogP contribution in [0.15, 0.2) is 60.8 Å². The van der Waals surface area contributed by atoms with Gasteiger partial charge in [-0.05, 0) is 57.8 Å². The molecule has 3 aliphatic heterocycles. The Kier molecular flexibility index (Phi) is 47.0. The number of hydrogen-bond acceptors (Lipinski definition) is 18. The Morgan fingerprint density at radius 2 is 0.775 bits per heavy atom. The molecule has 3 rings (SSSR count). The summed E-state index contributed by atoms with van der Waals surface area (Å²) in [5, 5.41) is 121. The third-order valence-corrected chi connectivity index (χ3v) is 17.3. The van der Waals surface area contributed by atoms with Gasteiger partial charge in [-0.25, -0.2) is 0 Å². The minimum Gasteiger partial charge on any atom is -0.394 e. The maximum atomic E-state index is 13.4. The molecule has 17 unspecified atom stereocenters. The SMILES string of the molecule is CC/C=C\C/C=C\C/C=C\C/C=C\CCCCCCCCCCC(=O)NC(COC1OC(CO)C(OC2OC(CO)C(OC3OC(CO)C(O)C(O)C3O)C(O)C2O)C(O)C1O)C(O)/C=C/CCCCCCCCCCCCCCCCCCCCCCC. The lowest BCUT2D eigenvalue weighted by molar-refractivity contribution is -0.379. The summed E-state index contributed by atoms with van der Waals surface area (Å²) in [6.45, 7) is 1.63. The molecule has 0 aromatic carbocycles. The van der Waals surface area contributed by atoms with Gasteiger partial charge in [0.2, 0.25) is 5.91 Å². The smallest absolute Gasteiger partial charge is 0.220 e. The maximum Gasteiger partial charge on any atom is 0.220 e. The van der Waals surface area contributed by atoms with Crippen LogP contribution in [0.1, 0.15) is 245 Å². The van der Waals surface area contributed by atoms with Crippen LogP contribution in [-0.4, -0.2) is 193 Å². The molecule has 0 aromatic rings. The van der Waals surface area contributed by atoms with E-state index in [9.17, 15) is 61.0 Å². The quantitative estimate of drug-likeness (QED) is 0.0199. The normalized spacial score (nSPS) is 28.6. The fraction of sp³-hybridized carbons (Fsp3) is 0.843. The molecule has 0 radical (unpaired) electrons. The Morgan fingerprint density at radius 1 is 0.416 bits per heavy atom. The van der Waals surface area contributed by atoms with Crippen molar-refractivity contribution in [3.05, 3.63) is 60.8 Å². The van der Waals surface area contributed by atoms with Crippen LogP contribution in [-0.2, 0) is 33.2 Å². The standard InChI is InChI=1S/C70H125NO18/c1-3-5-7-9-11-13-15-17-19-21-23-25-26-28-29-31-33-35-37-39-41-43-45-47-54(75)53(71-58(76)48-46-44-42-40-38-36-34-32-30-27-24-22-20-18-16-14-12-10-8-6-4-2)52-84-68-64(82)61(79)66(56(50-73)86-68)89-70-65(83)62(80)67(57(51-74)87-70)88-69-63(81)60(78)59(77)55(49-72)85-69/h6,8,12,14,18,20,24,27,45,47,53-57,59-70,72-75,77-83H,3-5,7,9-11,13,15-17,19,21-23,25-26,28-44,46,48-52H2,1-2H3,(H,71,76)/b8-6-,14-12-,20-18-,27-24-,47-45+. The second kappa shape index (κ2) is 51.8. The summed E-state index contributed by atoms with van der Waals surface area (Å²) in [5.41, 5.74) is 0. The Hall–Kier alpha value is -2.51. The van der Waals surface area contributed by atoms with Gasteiger partial charge in [-0.1, -0.05) is 242 Å². The van der Waals surface area contributed by atoms with E-state index in [0.717, 1.165) is 83.5 Å². The van der Waals surface area contributed by atoms with Crippen LogP contribution in [0.4, 0.5) is 0 Å². The molecule has 0 bridgehead atoms. The zero-order chi connectivity index (χ0) is 64.7. The molecule has 19 nitrogen and oxygen atoms in total. The Morgan fingerprint density at radius 3 is 1.21 bits per heavy atom. The number of aliphatic hydroxyl groups is 11. The Labute approximate surface area is 535 Å². The van der Waals surface area contributed by atoms with Crippen molar-refractivity contribution in [2.75, 3.05) is 26.4 Å². The van der Waals surface area contributed by atoms with Crippen LogP contribution in [0.3, 0.4) is 0 Å². The van der Waals surface area contributed by atoms with E-state index in [1.54, 1.807) is 6.08 Å². The highest BCUT2D eigenvalue weighted by Gasteiger charge is 2.53. The monoisotopic (exact) mass is 1270 g/mol. The molecule has 89 heavy (non-hydrogen) atoms. The van der Waals surface area contributed by atoms with Gasteiger partial charge in [0.25, 0.3) is 0 Å². The van der Waals surface area contributed by atoms with Crippen LogP contribution in [0.2, 0.25) is 0 Å². The number of aliphatic hydroxyl groups excluding tert-OH is 11. The van der Waals surface area contributed by atoms with E-state index in [4.69, 9.17) is 28.4 Å². The molecule has 19 heteroatoms. The van der Waals surface area contributed by atoms with Crippen molar-refractivity contribution in [2.24, 2.45) is 0 Å². The highest BCUT2D eigenvalue weighted by molar-refractivity contribution is 5.76. The third kappa shape index (κ3) is 33.9. The lowest BCUT2D eigenvalue weighted by Crippen LogP contribution is -2.66. The number of ether oxygens (including phenoxy) is 6. The lowest BCUT2D eigenvalue weighted by Gasteiger charge is -2.48. The summed E-state index contributed by atoms with van der Waals surface area (Å²) < 4.78 is 34.4. The van der Waals surface area contributed by atoms with E-state index >= 15 is 0 Å². The molecule has 0 aromatic heterocycles. The molecule has 0 saturated carbocycles. The van der Waals surface area contributed by atoms with Crippen molar-refractivity contribution in [2.45, 2.75) is 349 Å². The van der Waals surface area contributed by atoms with Gasteiger partial charge in [0, 0.05) is 6.42 Å². The first-order valence-electron chi connectivity index (χ1n) is 35.0. The third-order valence-electron chi connectivity index (χ3n) is 17.3. The van der Waals surface area contributed by atoms with Crippen LogP contribution in [0.25, 0.3) is 0 Å². The molecule has 0 aliphatic carbocycles. The Bertz CT molecular complexity index is 1850. The number of nitrogens with one attached hydrogen (secondary N) is 1. The highest BCUT2D eigenvalue weighted by Crippen LogP contribution is 2.33. The zero-order valence-corrected chi connectivity index (χ0v) is 54.6. The second-order valence-corrected chi connectivity index (χ2v) is 25.0. The van der Waals surface area contributed by atoms with Crippen LogP contribution in [0.5, 0.6) is 0 Å². The minimum absolute atomic E-state index is 0.232. The molecule has 3 saturated heterocycles. The molecule has 3 heterocycles. The fourth-order valence-electron chi connectivity index (χ4n) is 11.7. The van der Waals surface area contributed by atoms with Gasteiger partial charge < -0.3 is 89.9 Å². The summed E-state index contributed by atoms with van der Waals surface area (Å²) in [5.74, 6) is -0.284. The van der Waals surface area contributed by atoms with Gasteiger partial charge in [0.15, 0.2) is 18.9 Å². The molecule has 17 atom stereocenters. The van der Waals surface area contributed by atoms with Crippen LogP contribution >= 0.6 is 0 Å². The molecule has 12 N–H and O–H groups in total. The van der Waals surface area contributed by atoms with E-state index in [1.807, 2.05) is 6.08 Å². The van der Waals surface area contributed by atoms with Crippen molar-refractivity contribution in [1.82, 2.24) is 5.32 Å². The van der Waals surface area contributed by atoms with Gasteiger partial charge in [-0.15, -0.1) is 0 Å². The minimum atomic E-state index is -1.98. The van der Waals surface area contributed by atoms with Crippen molar-refractivity contribution in [3.63, 3.8) is 0 Å². The first-order chi connectivity index (χ1) is 43.3. The van der Waals surface area contributed by atoms with E-state index in [1.165, 1.54) is 135 Å². The van der Waals surface area contributed by atoms with Crippen molar-refractivity contribution in [1.29, 1.82) is 0 Å². The molecule has 3 aliphatic rings. The van der Waals surface area contributed by atoms with E-state index in [0.29, 0.717) is 6.42 Å². The summed E-state index contributed by atoms with van der Waals surface area (Å²) in [6, 6.07) is -0.981.